The first kappa shape index (κ1) is 27.3. The number of aromatic nitrogens is 3. The first-order valence-electron chi connectivity index (χ1n) is 12.1. The second-order valence-electron chi connectivity index (χ2n) is 9.27. The Kier molecular flexibility index (Phi) is 7.66. The Hall–Kier alpha value is -4.73. The minimum Gasteiger partial charge on any atom is -0.497 e. The van der Waals surface area contributed by atoms with Gasteiger partial charge in [0.2, 0.25) is 0 Å². The van der Waals surface area contributed by atoms with Gasteiger partial charge in [-0.15, -0.1) is 0 Å². The maximum absolute atomic E-state index is 15.3. The third-order valence-electron chi connectivity index (χ3n) is 6.27. The van der Waals surface area contributed by atoms with E-state index in [1.54, 1.807) is 58.2 Å². The lowest BCUT2D eigenvalue weighted by atomic mass is 10.2. The summed E-state index contributed by atoms with van der Waals surface area (Å²) >= 11 is 0. The fourth-order valence-electron chi connectivity index (χ4n) is 4.20. The lowest BCUT2D eigenvalue weighted by Crippen LogP contribution is -2.42. The van der Waals surface area contributed by atoms with Crippen LogP contribution >= 0.6 is 0 Å². The molecule has 0 N–H and O–H groups in total. The number of methoxy groups -OCH3 is 1. The van der Waals surface area contributed by atoms with E-state index in [1.165, 1.54) is 38.6 Å². The van der Waals surface area contributed by atoms with Gasteiger partial charge in [-0.2, -0.15) is 0 Å². The van der Waals surface area contributed by atoms with Gasteiger partial charge < -0.3 is 9.47 Å². The topological polar surface area (TPSA) is 96.8 Å². The van der Waals surface area contributed by atoms with Crippen LogP contribution in [-0.2, 0) is 13.6 Å². The highest BCUT2D eigenvalue weighted by molar-refractivity contribution is 5.85. The maximum atomic E-state index is 15.3. The van der Waals surface area contributed by atoms with E-state index < -0.39 is 22.6 Å². The highest BCUT2D eigenvalue weighted by Gasteiger charge is 2.24. The van der Waals surface area contributed by atoms with Gasteiger partial charge in [-0.25, -0.2) is 13.8 Å². The summed E-state index contributed by atoms with van der Waals surface area (Å²) in [6, 6.07) is 12.4. The molecule has 0 aliphatic carbocycles. The summed E-state index contributed by atoms with van der Waals surface area (Å²) in [4.78, 5) is 44.9. The average molecular weight is 533 g/mol. The van der Waals surface area contributed by atoms with E-state index in [4.69, 9.17) is 9.47 Å². The van der Waals surface area contributed by atoms with Crippen molar-refractivity contribution >= 4 is 17.2 Å². The summed E-state index contributed by atoms with van der Waals surface area (Å²) in [5.41, 5.74) is -0.229. The molecule has 9 nitrogen and oxygen atoms in total. The molecule has 2 heterocycles. The third-order valence-corrected chi connectivity index (χ3v) is 6.27. The van der Waals surface area contributed by atoms with E-state index >= 15 is 4.39 Å². The fourth-order valence-corrected chi connectivity index (χ4v) is 4.20. The number of fused-ring (bicyclic) bond motifs is 1. The van der Waals surface area contributed by atoms with Crippen molar-refractivity contribution < 1.29 is 13.9 Å². The van der Waals surface area contributed by atoms with E-state index in [1.807, 2.05) is 0 Å². The molecular weight excluding hydrogens is 503 g/mol. The van der Waals surface area contributed by atoms with Crippen LogP contribution in [0, 0.1) is 12.7 Å². The molecule has 0 saturated carbocycles. The Bertz CT molecular complexity index is 1810. The predicted octanol–water partition coefficient (Wildman–Crippen LogP) is 3.73. The first-order chi connectivity index (χ1) is 18.6. The van der Waals surface area contributed by atoms with Gasteiger partial charge in [0.15, 0.2) is 0 Å². The number of benzene rings is 2. The van der Waals surface area contributed by atoms with Gasteiger partial charge in [-0.3, -0.25) is 23.7 Å². The van der Waals surface area contributed by atoms with Crippen LogP contribution in [0.4, 0.5) is 4.39 Å². The van der Waals surface area contributed by atoms with Crippen molar-refractivity contribution in [2.45, 2.75) is 27.3 Å². The zero-order valence-corrected chi connectivity index (χ0v) is 22.6. The largest absolute Gasteiger partial charge is 0.497 e. The van der Waals surface area contributed by atoms with Crippen molar-refractivity contribution in [1.82, 2.24) is 13.7 Å². The van der Waals surface area contributed by atoms with Crippen LogP contribution in [0.3, 0.4) is 0 Å². The Morgan fingerprint density at radius 1 is 1.05 bits per heavy atom. The van der Waals surface area contributed by atoms with E-state index in [-0.39, 0.29) is 29.0 Å². The van der Waals surface area contributed by atoms with E-state index in [9.17, 15) is 14.4 Å². The maximum Gasteiger partial charge on any atom is 0.337 e. The predicted molar refractivity (Wildman–Crippen MR) is 149 cm³/mol. The molecule has 0 spiro atoms. The standard InChI is InChI=1S/C29H29FN4O5/c1-17(2)24(15-31-4)39-23-14-25(35)32(5)27-26(23)28(36)33(16-19-8-10-20(38-6)11-9-19)29(37)34(27)22-12-7-18(3)13-21(22)30/h7-15H,16H2,1-6H3. The van der Waals surface area contributed by atoms with Crippen molar-refractivity contribution in [3.05, 3.63) is 108 Å². The molecule has 0 radical (unpaired) electrons. The summed E-state index contributed by atoms with van der Waals surface area (Å²) in [6.45, 7) is 5.19. The number of allylic oxidation sites excluding steroid dienone is 2. The molecule has 2 aromatic carbocycles. The van der Waals surface area contributed by atoms with Crippen molar-refractivity contribution in [3.63, 3.8) is 0 Å². The zero-order chi connectivity index (χ0) is 28.4. The molecule has 39 heavy (non-hydrogen) atoms. The summed E-state index contributed by atoms with van der Waals surface area (Å²) in [7, 11) is 4.51. The molecule has 4 rings (SSSR count). The molecule has 0 fully saturated rings. The molecule has 0 unspecified atom stereocenters. The number of halogens is 1. The highest BCUT2D eigenvalue weighted by atomic mass is 19.1. The SMILES string of the molecule is CN=CC(Oc1cc(=O)n(C)c2c1c(=O)n(Cc1ccc(OC)cc1)c(=O)n2-c1ccc(C)cc1F)=C(C)C. The van der Waals surface area contributed by atoms with Gasteiger partial charge in [0.1, 0.15) is 34.1 Å². The molecule has 0 atom stereocenters. The number of aliphatic imine (C=N–C) groups is 1. The quantitative estimate of drug-likeness (QED) is 0.267. The Morgan fingerprint density at radius 2 is 1.74 bits per heavy atom. The van der Waals surface area contributed by atoms with Crippen LogP contribution < -0.4 is 26.3 Å². The molecule has 10 heteroatoms. The van der Waals surface area contributed by atoms with Gasteiger partial charge in [-0.1, -0.05) is 18.2 Å². The molecule has 0 saturated heterocycles. The van der Waals surface area contributed by atoms with Crippen LogP contribution in [0.15, 0.2) is 79.2 Å². The molecule has 0 amide bonds. The number of aryl methyl sites for hydroxylation is 2. The molecule has 0 bridgehead atoms. The molecule has 202 valence electrons. The van der Waals surface area contributed by atoms with Gasteiger partial charge in [0.05, 0.1) is 25.6 Å². The van der Waals surface area contributed by atoms with Gasteiger partial charge in [0.25, 0.3) is 11.1 Å². The number of hydrogen-bond donors (Lipinski definition) is 0. The minimum absolute atomic E-state index is 0.0616. The molecular formula is C29H29FN4O5. The zero-order valence-electron chi connectivity index (χ0n) is 22.6. The second kappa shape index (κ2) is 10.9. The second-order valence-corrected chi connectivity index (χ2v) is 9.27. The number of ether oxygens (including phenoxy) is 2. The van der Waals surface area contributed by atoms with Gasteiger partial charge >= 0.3 is 5.69 Å². The summed E-state index contributed by atoms with van der Waals surface area (Å²) < 4.78 is 29.7. The Morgan fingerprint density at radius 3 is 2.33 bits per heavy atom. The van der Waals surface area contributed by atoms with E-state index in [2.05, 4.69) is 4.99 Å². The van der Waals surface area contributed by atoms with Crippen molar-refractivity contribution in [1.29, 1.82) is 0 Å². The monoisotopic (exact) mass is 532 g/mol. The Labute approximate surface area is 223 Å². The average Bonchev–Trinajstić information content (AvgIpc) is 2.90. The highest BCUT2D eigenvalue weighted by Crippen LogP contribution is 2.25. The third kappa shape index (κ3) is 5.18. The Balaban J connectivity index is 2.15. The molecule has 0 aliphatic rings. The molecule has 2 aromatic heterocycles. The lowest BCUT2D eigenvalue weighted by molar-refractivity contribution is 0.414. The molecule has 4 aromatic rings. The van der Waals surface area contributed by atoms with Gasteiger partial charge in [-0.05, 0) is 61.7 Å². The van der Waals surface area contributed by atoms with Crippen LogP contribution in [0.5, 0.6) is 11.5 Å². The summed E-state index contributed by atoms with van der Waals surface area (Å²) in [5, 5.41) is -0.0616. The minimum atomic E-state index is -0.809. The normalized spacial score (nSPS) is 11.3. The van der Waals surface area contributed by atoms with E-state index in [0.29, 0.717) is 22.6 Å². The summed E-state index contributed by atoms with van der Waals surface area (Å²) in [5.74, 6) is 0.183. The van der Waals surface area contributed by atoms with E-state index in [0.717, 1.165) is 19.3 Å². The van der Waals surface area contributed by atoms with Gasteiger partial charge in [0, 0.05) is 20.2 Å². The number of pyridine rings is 1. The number of hydrogen-bond acceptors (Lipinski definition) is 6. The lowest BCUT2D eigenvalue weighted by Gasteiger charge is -2.19. The first-order valence-corrected chi connectivity index (χ1v) is 12.1. The van der Waals surface area contributed by atoms with Crippen molar-refractivity contribution in [3.8, 4) is 17.2 Å². The van der Waals surface area contributed by atoms with Crippen molar-refractivity contribution in [2.24, 2.45) is 12.0 Å². The smallest absolute Gasteiger partial charge is 0.337 e. The van der Waals surface area contributed by atoms with Crippen LogP contribution in [0.1, 0.15) is 25.0 Å². The molecule has 0 aliphatic heterocycles. The fraction of sp³-hybridized carbons (Fsp3) is 0.241. The number of rotatable bonds is 7. The van der Waals surface area contributed by atoms with Crippen LogP contribution in [-0.4, -0.2) is 34.1 Å². The van der Waals surface area contributed by atoms with Crippen LogP contribution in [0.2, 0.25) is 0 Å². The summed E-state index contributed by atoms with van der Waals surface area (Å²) in [6.07, 6.45) is 1.46. The van der Waals surface area contributed by atoms with Crippen molar-refractivity contribution in [2.75, 3.05) is 14.2 Å². The number of nitrogens with zero attached hydrogens (tertiary/aromatic N) is 4. The van der Waals surface area contributed by atoms with Crippen LogP contribution in [0.25, 0.3) is 16.7 Å².